The van der Waals surface area contributed by atoms with Crippen LogP contribution in [0.15, 0.2) is 45.6 Å². The van der Waals surface area contributed by atoms with Gasteiger partial charge in [-0.05, 0) is 64.0 Å². The molecule has 4 rings (SSSR count). The van der Waals surface area contributed by atoms with Crippen LogP contribution in [0, 0.1) is 19.8 Å². The fraction of sp³-hybridized carbons (Fsp3) is 0.500. The van der Waals surface area contributed by atoms with Crippen molar-refractivity contribution in [2.75, 3.05) is 26.3 Å². The molecule has 1 saturated heterocycles. The van der Waals surface area contributed by atoms with E-state index >= 15 is 0 Å². The van der Waals surface area contributed by atoms with Crippen LogP contribution in [-0.2, 0) is 23.9 Å². The highest BCUT2D eigenvalue weighted by Gasteiger charge is 2.42. The highest BCUT2D eigenvalue weighted by Crippen LogP contribution is 2.45. The summed E-state index contributed by atoms with van der Waals surface area (Å²) in [5, 5.41) is 2.68. The van der Waals surface area contributed by atoms with Crippen LogP contribution in [0.3, 0.4) is 0 Å². The maximum absolute atomic E-state index is 13.4. The number of benzene rings is 1. The summed E-state index contributed by atoms with van der Waals surface area (Å²) in [5.74, 6) is -0.981. The number of aliphatic imine (C=N–C) groups is 1. The number of nitrogens with zero attached hydrogens (tertiary/aromatic N) is 3. The van der Waals surface area contributed by atoms with E-state index in [0.29, 0.717) is 31.0 Å². The van der Waals surface area contributed by atoms with Gasteiger partial charge in [-0.25, -0.2) is 9.79 Å². The number of allylic oxidation sites excluding steroid dienone is 1. The second-order valence-electron chi connectivity index (χ2n) is 9.58. The lowest BCUT2D eigenvalue weighted by atomic mass is 9.90. The number of carbonyl (C=O) groups is 3. The Balaban J connectivity index is 1.63. The summed E-state index contributed by atoms with van der Waals surface area (Å²) in [7, 11) is 0. The lowest BCUT2D eigenvalue weighted by molar-refractivity contribution is -0.151. The van der Waals surface area contributed by atoms with Crippen molar-refractivity contribution in [3.05, 3.63) is 57.3 Å². The van der Waals surface area contributed by atoms with Gasteiger partial charge < -0.3 is 19.3 Å². The van der Waals surface area contributed by atoms with E-state index in [-0.39, 0.29) is 30.8 Å². The van der Waals surface area contributed by atoms with Crippen LogP contribution in [0.5, 0.6) is 0 Å². The number of hydrogen-bond acceptors (Lipinski definition) is 8. The zero-order valence-electron chi connectivity index (χ0n) is 22.2. The SMILES string of the molecule is CCOC(=O)C1=C(C)N=C2SC=C(CC(=O)N3CCC[C@@H](C(=O)OCC)C3)N2[C@@H]1c1ccc(C)cc1C. The fourth-order valence-electron chi connectivity index (χ4n) is 5.19. The minimum atomic E-state index is -0.449. The molecule has 2 atom stereocenters. The van der Waals surface area contributed by atoms with E-state index in [1.807, 2.05) is 43.2 Å². The molecule has 37 heavy (non-hydrogen) atoms. The number of amides is 1. The Morgan fingerprint density at radius 3 is 2.57 bits per heavy atom. The van der Waals surface area contributed by atoms with Crippen LogP contribution >= 0.6 is 11.8 Å². The summed E-state index contributed by atoms with van der Waals surface area (Å²) in [6, 6.07) is 5.73. The Morgan fingerprint density at radius 2 is 1.86 bits per heavy atom. The highest BCUT2D eigenvalue weighted by molar-refractivity contribution is 8.16. The molecule has 198 valence electrons. The fourth-order valence-corrected chi connectivity index (χ4v) is 6.15. The monoisotopic (exact) mass is 525 g/mol. The van der Waals surface area contributed by atoms with E-state index in [1.165, 1.54) is 11.8 Å². The number of carbonyl (C=O) groups excluding carboxylic acids is 3. The van der Waals surface area contributed by atoms with E-state index in [4.69, 9.17) is 14.5 Å². The minimum absolute atomic E-state index is 0.0505. The predicted octanol–water partition coefficient (Wildman–Crippen LogP) is 4.63. The van der Waals surface area contributed by atoms with Gasteiger partial charge in [0.15, 0.2) is 5.17 Å². The zero-order chi connectivity index (χ0) is 26.7. The number of hydrogen-bond donors (Lipinski definition) is 0. The molecule has 0 unspecified atom stereocenters. The lowest BCUT2D eigenvalue weighted by Crippen LogP contribution is -2.44. The summed E-state index contributed by atoms with van der Waals surface area (Å²) < 4.78 is 10.6. The minimum Gasteiger partial charge on any atom is -0.466 e. The first kappa shape index (κ1) is 27.0. The van der Waals surface area contributed by atoms with Crippen LogP contribution in [-0.4, -0.2) is 59.1 Å². The number of rotatable bonds is 7. The van der Waals surface area contributed by atoms with Crippen LogP contribution in [0.25, 0.3) is 0 Å². The molecule has 0 spiro atoms. The van der Waals surface area contributed by atoms with Crippen molar-refractivity contribution in [3.63, 3.8) is 0 Å². The van der Waals surface area contributed by atoms with Gasteiger partial charge in [0.2, 0.25) is 5.91 Å². The molecule has 0 aliphatic carbocycles. The molecular weight excluding hydrogens is 490 g/mol. The van der Waals surface area contributed by atoms with Crippen molar-refractivity contribution in [1.29, 1.82) is 0 Å². The molecule has 8 nitrogen and oxygen atoms in total. The lowest BCUT2D eigenvalue weighted by Gasteiger charge is -2.38. The van der Waals surface area contributed by atoms with E-state index in [9.17, 15) is 14.4 Å². The molecule has 0 aromatic heterocycles. The van der Waals surface area contributed by atoms with Crippen molar-refractivity contribution >= 4 is 34.8 Å². The number of amidine groups is 1. The molecule has 1 fully saturated rings. The summed E-state index contributed by atoms with van der Waals surface area (Å²) in [5.41, 5.74) is 5.05. The van der Waals surface area contributed by atoms with Gasteiger partial charge in [-0.3, -0.25) is 9.59 Å². The standard InChI is InChI=1S/C28H35N3O5S/c1-6-35-26(33)20-9-8-12-30(15-20)23(32)14-21-16-37-28-29-19(5)24(27(34)36-7-2)25(31(21)28)22-11-10-17(3)13-18(22)4/h10-11,13,16,20,25H,6-9,12,14-15H2,1-5H3/t20-,25-/m1/s1. The third-order valence-corrected chi connectivity index (χ3v) is 7.83. The van der Waals surface area contributed by atoms with Crippen molar-refractivity contribution < 1.29 is 23.9 Å². The van der Waals surface area contributed by atoms with Gasteiger partial charge in [-0.2, -0.15) is 0 Å². The summed E-state index contributed by atoms with van der Waals surface area (Å²) in [6.45, 7) is 11.1. The highest BCUT2D eigenvalue weighted by atomic mass is 32.2. The topological polar surface area (TPSA) is 88.5 Å². The number of aryl methyl sites for hydroxylation is 2. The van der Waals surface area contributed by atoms with Crippen LogP contribution in [0.2, 0.25) is 0 Å². The van der Waals surface area contributed by atoms with Crippen molar-refractivity contribution in [1.82, 2.24) is 9.80 Å². The van der Waals surface area contributed by atoms with Crippen molar-refractivity contribution in [3.8, 4) is 0 Å². The number of ether oxygens (including phenoxy) is 2. The van der Waals surface area contributed by atoms with Gasteiger partial charge in [-0.15, -0.1) is 0 Å². The molecule has 3 heterocycles. The maximum atomic E-state index is 13.4. The first-order valence-corrected chi connectivity index (χ1v) is 13.8. The molecule has 1 aromatic carbocycles. The summed E-state index contributed by atoms with van der Waals surface area (Å²) in [6.07, 6.45) is 1.64. The largest absolute Gasteiger partial charge is 0.466 e. The van der Waals surface area contributed by atoms with Gasteiger partial charge in [-0.1, -0.05) is 35.5 Å². The number of likely N-dealkylation sites (tertiary alicyclic amines) is 1. The molecule has 1 aromatic rings. The first-order chi connectivity index (χ1) is 17.7. The third-order valence-electron chi connectivity index (χ3n) is 6.94. The van der Waals surface area contributed by atoms with Gasteiger partial charge >= 0.3 is 11.9 Å². The molecular formula is C28H35N3O5S. The molecule has 9 heteroatoms. The zero-order valence-corrected chi connectivity index (χ0v) is 23.0. The second kappa shape index (κ2) is 11.5. The van der Waals surface area contributed by atoms with Crippen LogP contribution < -0.4 is 0 Å². The average molecular weight is 526 g/mol. The molecule has 0 bridgehead atoms. The van der Waals surface area contributed by atoms with E-state index in [0.717, 1.165) is 40.4 Å². The predicted molar refractivity (Wildman–Crippen MR) is 143 cm³/mol. The number of thioether (sulfide) groups is 1. The second-order valence-corrected chi connectivity index (χ2v) is 10.4. The smallest absolute Gasteiger partial charge is 0.338 e. The van der Waals surface area contributed by atoms with E-state index in [1.54, 1.807) is 18.7 Å². The molecule has 3 aliphatic rings. The first-order valence-electron chi connectivity index (χ1n) is 12.9. The molecule has 0 saturated carbocycles. The van der Waals surface area contributed by atoms with Crippen LogP contribution in [0.1, 0.15) is 62.8 Å². The quantitative estimate of drug-likeness (QED) is 0.480. The summed E-state index contributed by atoms with van der Waals surface area (Å²) in [4.78, 5) is 47.4. The Bertz CT molecular complexity index is 1190. The van der Waals surface area contributed by atoms with Gasteiger partial charge in [0, 0.05) is 18.8 Å². The molecule has 0 N–H and O–H groups in total. The Kier molecular flexibility index (Phi) is 8.42. The van der Waals surface area contributed by atoms with Crippen molar-refractivity contribution in [2.24, 2.45) is 10.9 Å². The van der Waals surface area contributed by atoms with Gasteiger partial charge in [0.1, 0.15) is 0 Å². The Morgan fingerprint density at radius 1 is 1.11 bits per heavy atom. The van der Waals surface area contributed by atoms with Gasteiger partial charge in [0.25, 0.3) is 0 Å². The number of fused-ring (bicyclic) bond motifs is 1. The number of esters is 2. The third kappa shape index (κ3) is 5.61. The normalized spacial score (nSPS) is 21.3. The average Bonchev–Trinajstić information content (AvgIpc) is 3.25. The molecule has 3 aliphatic heterocycles. The Labute approximate surface area is 222 Å². The number of piperidine rings is 1. The summed E-state index contributed by atoms with van der Waals surface area (Å²) >= 11 is 1.46. The van der Waals surface area contributed by atoms with Crippen LogP contribution in [0.4, 0.5) is 0 Å². The molecule has 1 amide bonds. The molecule has 0 radical (unpaired) electrons. The maximum Gasteiger partial charge on any atom is 0.338 e. The van der Waals surface area contributed by atoms with Gasteiger partial charge in [0.05, 0.1) is 42.9 Å². The van der Waals surface area contributed by atoms with Crippen molar-refractivity contribution in [2.45, 2.75) is 59.9 Å². The Hall–Kier alpha value is -3.07. The van der Waals surface area contributed by atoms with E-state index in [2.05, 4.69) is 6.07 Å². The van der Waals surface area contributed by atoms with E-state index < -0.39 is 12.0 Å².